The van der Waals surface area contributed by atoms with Crippen LogP contribution >= 0.6 is 0 Å². The average molecular weight is 184 g/mol. The monoisotopic (exact) mass is 184 g/mol. The van der Waals surface area contributed by atoms with Gasteiger partial charge in [0.2, 0.25) is 0 Å². The Balaban J connectivity index is 2.96. The summed E-state index contributed by atoms with van der Waals surface area (Å²) in [7, 11) is 0. The highest BCUT2D eigenvalue weighted by Crippen LogP contribution is 2.05. The lowest BCUT2D eigenvalue weighted by atomic mass is 10.3. The predicted octanol–water partition coefficient (Wildman–Crippen LogP) is 0.136. The molecule has 0 aromatic carbocycles. The number of hydrogen-bond donors (Lipinski definition) is 2. The maximum Gasteiger partial charge on any atom is 0.356 e. The molecule has 0 aliphatic carbocycles. The summed E-state index contributed by atoms with van der Waals surface area (Å²) in [6, 6.07) is 1.53. The van der Waals surface area contributed by atoms with Crippen LogP contribution in [0.4, 0.5) is 0 Å². The maximum absolute atomic E-state index is 10.5. The van der Waals surface area contributed by atoms with Crippen LogP contribution in [0, 0.1) is 0 Å². The van der Waals surface area contributed by atoms with Crippen molar-refractivity contribution < 1.29 is 15.0 Å². The zero-order valence-electron chi connectivity index (χ0n) is 7.40. The summed E-state index contributed by atoms with van der Waals surface area (Å²) < 4.78 is 1.52. The lowest BCUT2D eigenvalue weighted by Gasteiger charge is -2.01. The van der Waals surface area contributed by atoms with Crippen molar-refractivity contribution in [3.8, 4) is 0 Å². The SMILES string of the molecule is CCc1cc(C(=O)O)nn1CCO. The lowest BCUT2D eigenvalue weighted by molar-refractivity contribution is 0.0689. The Kier molecular flexibility index (Phi) is 3.02. The molecule has 72 valence electrons. The van der Waals surface area contributed by atoms with Crippen LogP contribution < -0.4 is 0 Å². The first-order chi connectivity index (χ1) is 6.19. The molecule has 0 fully saturated rings. The molecular formula is C8H12N2O3. The number of rotatable bonds is 4. The van der Waals surface area contributed by atoms with Crippen molar-refractivity contribution >= 4 is 5.97 Å². The second-order valence-electron chi connectivity index (χ2n) is 2.63. The van der Waals surface area contributed by atoms with Crippen LogP contribution in [0.15, 0.2) is 6.07 Å². The highest BCUT2D eigenvalue weighted by molar-refractivity contribution is 5.85. The number of aromatic carboxylic acids is 1. The summed E-state index contributed by atoms with van der Waals surface area (Å²) in [5, 5.41) is 21.2. The fraction of sp³-hybridized carbons (Fsp3) is 0.500. The molecule has 1 rings (SSSR count). The van der Waals surface area contributed by atoms with Crippen LogP contribution in [0.3, 0.4) is 0 Å². The largest absolute Gasteiger partial charge is 0.476 e. The van der Waals surface area contributed by atoms with E-state index in [1.165, 1.54) is 10.7 Å². The summed E-state index contributed by atoms with van der Waals surface area (Å²) in [6.45, 7) is 2.22. The van der Waals surface area contributed by atoms with E-state index in [1.54, 1.807) is 0 Å². The van der Waals surface area contributed by atoms with E-state index in [0.717, 1.165) is 5.69 Å². The van der Waals surface area contributed by atoms with Crippen LogP contribution in [0.1, 0.15) is 23.1 Å². The van der Waals surface area contributed by atoms with Crippen LogP contribution in [-0.2, 0) is 13.0 Å². The number of aromatic nitrogens is 2. The van der Waals surface area contributed by atoms with E-state index < -0.39 is 5.97 Å². The molecule has 5 nitrogen and oxygen atoms in total. The van der Waals surface area contributed by atoms with Gasteiger partial charge in [0, 0.05) is 5.69 Å². The minimum absolute atomic E-state index is 0.0327. The van der Waals surface area contributed by atoms with Gasteiger partial charge in [0.1, 0.15) is 0 Å². The van der Waals surface area contributed by atoms with E-state index in [1.807, 2.05) is 6.92 Å². The molecule has 0 bridgehead atoms. The second-order valence-corrected chi connectivity index (χ2v) is 2.63. The Morgan fingerprint density at radius 1 is 1.69 bits per heavy atom. The fourth-order valence-electron chi connectivity index (χ4n) is 1.13. The van der Waals surface area contributed by atoms with Crippen molar-refractivity contribution in [3.05, 3.63) is 17.5 Å². The van der Waals surface area contributed by atoms with Crippen molar-refractivity contribution in [1.29, 1.82) is 0 Å². The number of carbonyl (C=O) groups is 1. The lowest BCUT2D eigenvalue weighted by Crippen LogP contribution is -2.08. The van der Waals surface area contributed by atoms with Gasteiger partial charge in [0.05, 0.1) is 13.2 Å². The van der Waals surface area contributed by atoms with Gasteiger partial charge in [-0.1, -0.05) is 6.92 Å². The van der Waals surface area contributed by atoms with E-state index in [2.05, 4.69) is 5.10 Å². The number of aliphatic hydroxyl groups excluding tert-OH is 1. The Morgan fingerprint density at radius 2 is 2.38 bits per heavy atom. The molecule has 0 saturated carbocycles. The van der Waals surface area contributed by atoms with Gasteiger partial charge in [0.15, 0.2) is 5.69 Å². The summed E-state index contributed by atoms with van der Waals surface area (Å²) in [4.78, 5) is 10.5. The van der Waals surface area contributed by atoms with E-state index in [0.29, 0.717) is 13.0 Å². The van der Waals surface area contributed by atoms with Gasteiger partial charge in [-0.3, -0.25) is 4.68 Å². The van der Waals surface area contributed by atoms with Gasteiger partial charge < -0.3 is 10.2 Å². The van der Waals surface area contributed by atoms with Gasteiger partial charge in [-0.2, -0.15) is 5.10 Å². The predicted molar refractivity (Wildman–Crippen MR) is 45.7 cm³/mol. The van der Waals surface area contributed by atoms with Crippen molar-refractivity contribution in [1.82, 2.24) is 9.78 Å². The second kappa shape index (κ2) is 4.04. The van der Waals surface area contributed by atoms with Crippen LogP contribution in [0.2, 0.25) is 0 Å². The van der Waals surface area contributed by atoms with Crippen LogP contribution in [0.5, 0.6) is 0 Å². The van der Waals surface area contributed by atoms with Gasteiger partial charge in [0.25, 0.3) is 0 Å². The topological polar surface area (TPSA) is 75.3 Å². The Labute approximate surface area is 75.6 Å². The van der Waals surface area contributed by atoms with Crippen LogP contribution in [-0.4, -0.2) is 32.6 Å². The molecule has 2 N–H and O–H groups in total. The quantitative estimate of drug-likeness (QED) is 0.697. The van der Waals surface area contributed by atoms with Gasteiger partial charge in [-0.15, -0.1) is 0 Å². The first-order valence-electron chi connectivity index (χ1n) is 4.10. The molecular weight excluding hydrogens is 172 g/mol. The van der Waals surface area contributed by atoms with Gasteiger partial charge in [-0.05, 0) is 12.5 Å². The molecule has 0 spiro atoms. The molecule has 0 saturated heterocycles. The number of carboxylic acids is 1. The Morgan fingerprint density at radius 3 is 2.85 bits per heavy atom. The van der Waals surface area contributed by atoms with Gasteiger partial charge >= 0.3 is 5.97 Å². The zero-order valence-corrected chi connectivity index (χ0v) is 7.40. The van der Waals surface area contributed by atoms with Crippen molar-refractivity contribution in [2.45, 2.75) is 19.9 Å². The molecule has 5 heteroatoms. The fourth-order valence-corrected chi connectivity index (χ4v) is 1.13. The summed E-state index contributed by atoms with van der Waals surface area (Å²) in [5.74, 6) is -1.04. The third-order valence-corrected chi connectivity index (χ3v) is 1.76. The van der Waals surface area contributed by atoms with E-state index in [9.17, 15) is 4.79 Å². The Bertz CT molecular complexity index is 306. The van der Waals surface area contributed by atoms with Gasteiger partial charge in [-0.25, -0.2) is 4.79 Å². The maximum atomic E-state index is 10.5. The Hall–Kier alpha value is -1.36. The minimum Gasteiger partial charge on any atom is -0.476 e. The molecule has 1 aromatic rings. The number of aliphatic hydroxyl groups is 1. The van der Waals surface area contributed by atoms with E-state index >= 15 is 0 Å². The summed E-state index contributed by atoms with van der Waals surface area (Å²) in [5.41, 5.74) is 0.858. The van der Waals surface area contributed by atoms with Crippen molar-refractivity contribution in [2.24, 2.45) is 0 Å². The third kappa shape index (κ3) is 2.06. The highest BCUT2D eigenvalue weighted by Gasteiger charge is 2.10. The number of aryl methyl sites for hydroxylation is 1. The molecule has 0 aliphatic heterocycles. The molecule has 0 aliphatic rings. The van der Waals surface area contributed by atoms with E-state index in [4.69, 9.17) is 10.2 Å². The molecule has 1 heterocycles. The molecule has 13 heavy (non-hydrogen) atoms. The van der Waals surface area contributed by atoms with Crippen molar-refractivity contribution in [3.63, 3.8) is 0 Å². The number of carboxylic acid groups (broad SMARTS) is 1. The zero-order chi connectivity index (χ0) is 9.84. The third-order valence-electron chi connectivity index (χ3n) is 1.76. The minimum atomic E-state index is -1.04. The van der Waals surface area contributed by atoms with Crippen LogP contribution in [0.25, 0.3) is 0 Å². The normalized spacial score (nSPS) is 10.3. The molecule has 0 atom stereocenters. The molecule has 0 amide bonds. The standard InChI is InChI=1S/C8H12N2O3/c1-2-6-5-7(8(12)13)9-10(6)3-4-11/h5,11H,2-4H2,1H3,(H,12,13). The highest BCUT2D eigenvalue weighted by atomic mass is 16.4. The van der Waals surface area contributed by atoms with Crippen molar-refractivity contribution in [2.75, 3.05) is 6.61 Å². The summed E-state index contributed by atoms with van der Waals surface area (Å²) in [6.07, 6.45) is 0.709. The first kappa shape index (κ1) is 9.73. The summed E-state index contributed by atoms with van der Waals surface area (Å²) >= 11 is 0. The average Bonchev–Trinajstić information content (AvgIpc) is 2.48. The smallest absolute Gasteiger partial charge is 0.356 e. The van der Waals surface area contributed by atoms with E-state index in [-0.39, 0.29) is 12.3 Å². The molecule has 1 aromatic heterocycles. The molecule has 0 radical (unpaired) electrons. The molecule has 0 unspecified atom stereocenters. The number of nitrogens with zero attached hydrogens (tertiary/aromatic N) is 2. The number of hydrogen-bond acceptors (Lipinski definition) is 3. The first-order valence-corrected chi connectivity index (χ1v) is 4.10.